The van der Waals surface area contributed by atoms with Crippen LogP contribution in [-0.2, 0) is 43.6 Å². The molecule has 0 atom stereocenters. The quantitative estimate of drug-likeness (QED) is 0.166. The summed E-state index contributed by atoms with van der Waals surface area (Å²) >= 11 is 0. The van der Waals surface area contributed by atoms with Crippen molar-refractivity contribution in [2.75, 3.05) is 7.11 Å². The van der Waals surface area contributed by atoms with Crippen molar-refractivity contribution < 1.29 is 32.0 Å². The second-order valence-electron chi connectivity index (χ2n) is 22.1. The third kappa shape index (κ3) is 9.12. The molecule has 9 heteroatoms. The summed E-state index contributed by atoms with van der Waals surface area (Å²) in [6.45, 7) is 33.8. The van der Waals surface area contributed by atoms with E-state index in [0.717, 1.165) is 66.8 Å². The molecule has 0 saturated heterocycles. The van der Waals surface area contributed by atoms with Gasteiger partial charge in [0.25, 0.3) is 0 Å². The monoisotopic (exact) mass is 890 g/mol. The first kappa shape index (κ1) is 46.5. The molecular formula is C54H68O7P2. The SMILES string of the molecule is COc1ccc(C(P2(=O)Oc3c(cc(C)cc3C(C)(C)C)Cc3cc(C)cc(C(C)(C)C)c3O2)P2(=O)Oc3c(cc(C)cc3C(C)(C)C)Cc3cc(C)cc(C(C)(C)C)c3O2)cc1. The Morgan fingerprint density at radius 1 is 0.444 bits per heavy atom. The minimum Gasteiger partial charge on any atom is -0.497 e. The van der Waals surface area contributed by atoms with E-state index in [9.17, 15) is 0 Å². The zero-order chi connectivity index (χ0) is 46.4. The number of fused-ring (bicyclic) bond motifs is 4. The van der Waals surface area contributed by atoms with Crippen molar-refractivity contribution in [3.63, 3.8) is 0 Å². The molecule has 0 N–H and O–H groups in total. The highest BCUT2D eigenvalue weighted by Crippen LogP contribution is 2.79. The van der Waals surface area contributed by atoms with E-state index in [-0.39, 0.29) is 0 Å². The van der Waals surface area contributed by atoms with Crippen molar-refractivity contribution in [2.24, 2.45) is 0 Å². The predicted molar refractivity (Wildman–Crippen MR) is 259 cm³/mol. The lowest BCUT2D eigenvalue weighted by Crippen LogP contribution is -2.25. The number of rotatable bonds is 4. The Morgan fingerprint density at radius 2 is 0.698 bits per heavy atom. The molecule has 5 aromatic rings. The van der Waals surface area contributed by atoms with Gasteiger partial charge in [-0.25, -0.2) is 9.13 Å². The minimum atomic E-state index is -4.80. The molecule has 63 heavy (non-hydrogen) atoms. The van der Waals surface area contributed by atoms with E-state index >= 15 is 9.13 Å². The molecule has 7 rings (SSSR count). The van der Waals surface area contributed by atoms with Crippen LogP contribution in [0.2, 0.25) is 0 Å². The molecule has 0 spiro atoms. The number of methoxy groups -OCH3 is 1. The number of aryl methyl sites for hydroxylation is 4. The van der Waals surface area contributed by atoms with Crippen molar-refractivity contribution in [3.05, 3.63) is 145 Å². The van der Waals surface area contributed by atoms with Gasteiger partial charge in [-0.15, -0.1) is 0 Å². The lowest BCUT2D eigenvalue weighted by Gasteiger charge is -2.39. The molecule has 2 heterocycles. The summed E-state index contributed by atoms with van der Waals surface area (Å²) in [5, 5.41) is -1.60. The Hall–Kier alpha value is -4.44. The fourth-order valence-corrected chi connectivity index (χ4v) is 14.4. The van der Waals surface area contributed by atoms with Crippen LogP contribution in [0.3, 0.4) is 0 Å². The van der Waals surface area contributed by atoms with E-state index in [0.29, 0.717) is 47.2 Å². The van der Waals surface area contributed by atoms with Gasteiger partial charge in [-0.1, -0.05) is 166 Å². The van der Waals surface area contributed by atoms with Gasteiger partial charge in [0.05, 0.1) is 7.11 Å². The number of benzene rings is 5. The average Bonchev–Trinajstić information content (AvgIpc) is 3.13. The lowest BCUT2D eigenvalue weighted by atomic mass is 9.81. The van der Waals surface area contributed by atoms with Gasteiger partial charge in [-0.3, -0.25) is 0 Å². The molecule has 0 bridgehead atoms. The summed E-state index contributed by atoms with van der Waals surface area (Å²) in [6.07, 6.45) is 0.947. The normalized spacial score (nSPS) is 16.0. The highest BCUT2D eigenvalue weighted by atomic mass is 31.2. The molecule has 0 unspecified atom stereocenters. The van der Waals surface area contributed by atoms with Crippen molar-refractivity contribution in [2.45, 2.75) is 151 Å². The van der Waals surface area contributed by atoms with Gasteiger partial charge in [-0.2, -0.15) is 0 Å². The molecule has 336 valence electrons. The van der Waals surface area contributed by atoms with E-state index < -0.39 is 42.3 Å². The summed E-state index contributed by atoms with van der Waals surface area (Å²) in [6, 6.07) is 23.9. The van der Waals surface area contributed by atoms with Gasteiger partial charge in [0.2, 0.25) is 5.40 Å². The second kappa shape index (κ2) is 15.9. The summed E-state index contributed by atoms with van der Waals surface area (Å²) in [4.78, 5) is 0. The van der Waals surface area contributed by atoms with Crippen LogP contribution in [0.25, 0.3) is 0 Å². The van der Waals surface area contributed by atoms with Gasteiger partial charge < -0.3 is 22.8 Å². The molecule has 0 saturated carbocycles. The van der Waals surface area contributed by atoms with E-state index in [1.165, 1.54) is 0 Å². The molecule has 7 nitrogen and oxygen atoms in total. The maximum atomic E-state index is 17.3. The van der Waals surface area contributed by atoms with Crippen LogP contribution in [0.5, 0.6) is 28.7 Å². The minimum absolute atomic E-state index is 0.400. The summed E-state index contributed by atoms with van der Waals surface area (Å²) < 4.78 is 69.2. The van der Waals surface area contributed by atoms with Gasteiger partial charge in [0.15, 0.2) is 0 Å². The van der Waals surface area contributed by atoms with Gasteiger partial charge >= 0.3 is 15.2 Å². The molecule has 0 fully saturated rings. The van der Waals surface area contributed by atoms with E-state index in [2.05, 4.69) is 159 Å². The molecule has 0 aliphatic carbocycles. The first-order valence-electron chi connectivity index (χ1n) is 22.2. The van der Waals surface area contributed by atoms with Crippen LogP contribution in [0.4, 0.5) is 0 Å². The third-order valence-corrected chi connectivity index (χ3v) is 17.4. The van der Waals surface area contributed by atoms with Crippen molar-refractivity contribution >= 4 is 15.2 Å². The van der Waals surface area contributed by atoms with Gasteiger partial charge in [-0.05, 0) is 89.3 Å². The predicted octanol–water partition coefficient (Wildman–Crippen LogP) is 15.6. The molecule has 2 aliphatic heterocycles. The van der Waals surface area contributed by atoms with Crippen LogP contribution in [0.1, 0.15) is 161 Å². The maximum absolute atomic E-state index is 17.3. The van der Waals surface area contributed by atoms with Crippen LogP contribution in [-0.4, -0.2) is 7.11 Å². The number of hydrogen-bond acceptors (Lipinski definition) is 7. The first-order chi connectivity index (χ1) is 29.0. The maximum Gasteiger partial charge on any atom is 0.452 e. The molecule has 0 aromatic heterocycles. The number of hydrogen-bond donors (Lipinski definition) is 0. The zero-order valence-electron chi connectivity index (χ0n) is 40.7. The van der Waals surface area contributed by atoms with Crippen molar-refractivity contribution in [1.29, 1.82) is 0 Å². The van der Waals surface area contributed by atoms with Crippen LogP contribution in [0, 0.1) is 27.7 Å². The third-order valence-electron chi connectivity index (χ3n) is 12.1. The van der Waals surface area contributed by atoms with Gasteiger partial charge in [0.1, 0.15) is 28.7 Å². The topological polar surface area (TPSA) is 80.3 Å². The first-order valence-corrected chi connectivity index (χ1v) is 25.4. The molecule has 0 radical (unpaired) electrons. The fraction of sp³-hybridized carbons (Fsp3) is 0.444. The second-order valence-corrected chi connectivity index (χ2v) is 26.5. The van der Waals surface area contributed by atoms with Crippen molar-refractivity contribution in [1.82, 2.24) is 0 Å². The van der Waals surface area contributed by atoms with E-state index in [1.807, 2.05) is 0 Å². The van der Waals surface area contributed by atoms with Crippen LogP contribution < -0.4 is 22.8 Å². The summed E-state index contributed by atoms with van der Waals surface area (Å²) in [5.41, 5.74) is 9.82. The van der Waals surface area contributed by atoms with E-state index in [1.54, 1.807) is 31.4 Å². The fourth-order valence-electron chi connectivity index (χ4n) is 9.05. The molecule has 0 amide bonds. The molecular weight excluding hydrogens is 823 g/mol. The summed E-state index contributed by atoms with van der Waals surface area (Å²) in [7, 11) is -8.01. The number of ether oxygens (including phenoxy) is 1. The highest BCUT2D eigenvalue weighted by Gasteiger charge is 2.59. The Bertz CT molecular complexity index is 2390. The standard InChI is InChI=1S/C54H68O7P2/c1-32-22-37-30-38-23-33(2)27-43(52(8,9)10)47(38)59-62(55,58-46(37)42(26-32)51(5,6)7)50(36-18-20-41(57-17)21-19-36)63(56)60-48-39(24-34(3)28-44(48)53(11,12)13)31-40-25-35(4)29-45(49(40)61-63)54(14,15)16/h18-29,50H,30-31H2,1-17H3. The molecule has 5 aromatic carbocycles. The smallest absolute Gasteiger partial charge is 0.452 e. The largest absolute Gasteiger partial charge is 0.497 e. The highest BCUT2D eigenvalue weighted by molar-refractivity contribution is 7.72. The zero-order valence-corrected chi connectivity index (χ0v) is 42.5. The average molecular weight is 891 g/mol. The summed E-state index contributed by atoms with van der Waals surface area (Å²) in [5.74, 6) is 2.39. The van der Waals surface area contributed by atoms with Crippen molar-refractivity contribution in [3.8, 4) is 28.7 Å². The molecule has 2 aliphatic rings. The van der Waals surface area contributed by atoms with E-state index in [4.69, 9.17) is 22.8 Å². The Kier molecular flexibility index (Phi) is 11.8. The Morgan fingerprint density at radius 3 is 0.921 bits per heavy atom. The van der Waals surface area contributed by atoms with Crippen LogP contribution in [0.15, 0.2) is 72.8 Å². The Labute approximate surface area is 377 Å². The Balaban J connectivity index is 1.65. The van der Waals surface area contributed by atoms with Gasteiger partial charge in [0, 0.05) is 35.1 Å². The lowest BCUT2D eigenvalue weighted by molar-refractivity contribution is 0.339. The van der Waals surface area contributed by atoms with Crippen LogP contribution >= 0.6 is 15.2 Å².